The van der Waals surface area contributed by atoms with Gasteiger partial charge in [0.25, 0.3) is 0 Å². The van der Waals surface area contributed by atoms with Gasteiger partial charge in [-0.25, -0.2) is 0 Å². The first-order chi connectivity index (χ1) is 13.8. The Labute approximate surface area is 179 Å². The second-order valence-corrected chi connectivity index (χ2v) is 11.7. The fraction of sp³-hybridized carbons (Fsp3) is 0.962. The molecule has 0 aromatic rings. The summed E-state index contributed by atoms with van der Waals surface area (Å²) in [4.78, 5) is 0. The summed E-state index contributed by atoms with van der Waals surface area (Å²) in [7, 11) is 0. The second kappa shape index (κ2) is 9.28. The van der Waals surface area contributed by atoms with Crippen LogP contribution in [0.3, 0.4) is 0 Å². The smallest absolute Gasteiger partial charge is 0.0632 e. The molecular formula is C26H47NO2. The van der Waals surface area contributed by atoms with E-state index in [9.17, 15) is 10.3 Å². The number of oxime groups is 1. The molecule has 168 valence electrons. The van der Waals surface area contributed by atoms with Crippen LogP contribution in [0.5, 0.6) is 0 Å². The van der Waals surface area contributed by atoms with Gasteiger partial charge in [-0.15, -0.1) is 0 Å². The van der Waals surface area contributed by atoms with Crippen molar-refractivity contribution in [1.82, 2.24) is 0 Å². The number of aliphatic hydroxyl groups excluding tert-OH is 1. The Kier molecular flexibility index (Phi) is 7.40. The molecular weight excluding hydrogens is 358 g/mol. The van der Waals surface area contributed by atoms with Crippen molar-refractivity contribution in [2.75, 3.05) is 6.61 Å². The highest BCUT2D eigenvalue weighted by Crippen LogP contribution is 2.66. The van der Waals surface area contributed by atoms with Crippen LogP contribution in [0, 0.1) is 46.3 Å². The van der Waals surface area contributed by atoms with Crippen LogP contribution in [0.2, 0.25) is 0 Å². The van der Waals surface area contributed by atoms with E-state index >= 15 is 0 Å². The van der Waals surface area contributed by atoms with Gasteiger partial charge in [0.2, 0.25) is 0 Å². The van der Waals surface area contributed by atoms with Crippen molar-refractivity contribution in [3.8, 4) is 0 Å². The standard InChI is InChI=1S/C26H47NO2/c1-18(2)8-6-9-19(3)21-11-12-22-20-10-13-24(27-29)26(5,15-7-17-28)23(20)14-16-25(21,22)4/h18-23,28-29H,6-17H2,1-5H3/b27-24+/t19-,20?,21?,22?,23?,25+,26+/m0/s1. The van der Waals surface area contributed by atoms with E-state index in [1.54, 1.807) is 0 Å². The summed E-state index contributed by atoms with van der Waals surface area (Å²) in [6, 6.07) is 0. The number of aliphatic hydroxyl groups is 1. The van der Waals surface area contributed by atoms with Gasteiger partial charge in [0.1, 0.15) is 0 Å². The molecule has 0 radical (unpaired) electrons. The van der Waals surface area contributed by atoms with Crippen LogP contribution >= 0.6 is 0 Å². The fourth-order valence-electron chi connectivity index (χ4n) is 8.25. The summed E-state index contributed by atoms with van der Waals surface area (Å²) in [6.45, 7) is 12.4. The molecule has 29 heavy (non-hydrogen) atoms. The molecule has 3 saturated carbocycles. The third-order valence-electron chi connectivity index (χ3n) is 9.81. The van der Waals surface area contributed by atoms with E-state index in [0.717, 1.165) is 54.6 Å². The molecule has 0 aliphatic heterocycles. The second-order valence-electron chi connectivity index (χ2n) is 11.7. The van der Waals surface area contributed by atoms with Gasteiger partial charge >= 0.3 is 0 Å². The molecule has 7 atom stereocenters. The number of nitrogens with zero attached hydrogens (tertiary/aromatic N) is 1. The Morgan fingerprint density at radius 2 is 1.76 bits per heavy atom. The highest BCUT2D eigenvalue weighted by molar-refractivity contribution is 5.90. The molecule has 3 aliphatic carbocycles. The minimum Gasteiger partial charge on any atom is -0.411 e. The minimum absolute atomic E-state index is 0.0251. The van der Waals surface area contributed by atoms with Crippen LogP contribution in [-0.4, -0.2) is 22.6 Å². The Hall–Kier alpha value is -0.570. The van der Waals surface area contributed by atoms with E-state index in [1.807, 2.05) is 0 Å². The lowest BCUT2D eigenvalue weighted by atomic mass is 9.47. The van der Waals surface area contributed by atoms with Crippen LogP contribution in [-0.2, 0) is 0 Å². The van der Waals surface area contributed by atoms with Crippen LogP contribution in [0.1, 0.15) is 105 Å². The summed E-state index contributed by atoms with van der Waals surface area (Å²) in [5.74, 6) is 4.80. The molecule has 0 spiro atoms. The molecule has 0 amide bonds. The van der Waals surface area contributed by atoms with Crippen molar-refractivity contribution in [1.29, 1.82) is 0 Å². The highest BCUT2D eigenvalue weighted by Gasteiger charge is 2.59. The first-order valence-corrected chi connectivity index (χ1v) is 12.6. The van der Waals surface area contributed by atoms with Crippen molar-refractivity contribution >= 4 is 5.71 Å². The van der Waals surface area contributed by atoms with Crippen molar-refractivity contribution in [2.24, 2.45) is 51.5 Å². The van der Waals surface area contributed by atoms with Crippen LogP contribution < -0.4 is 0 Å². The largest absolute Gasteiger partial charge is 0.411 e. The van der Waals surface area contributed by atoms with Crippen molar-refractivity contribution < 1.29 is 10.3 Å². The van der Waals surface area contributed by atoms with E-state index in [2.05, 4.69) is 39.8 Å². The van der Waals surface area contributed by atoms with Gasteiger partial charge < -0.3 is 10.3 Å². The maximum atomic E-state index is 9.72. The van der Waals surface area contributed by atoms with Gasteiger partial charge in [-0.2, -0.15) is 0 Å². The number of rotatable bonds is 8. The molecule has 3 heteroatoms. The molecule has 0 heterocycles. The number of hydrogen-bond acceptors (Lipinski definition) is 3. The van der Waals surface area contributed by atoms with E-state index in [-0.39, 0.29) is 12.0 Å². The molecule has 0 bridgehead atoms. The summed E-state index contributed by atoms with van der Waals surface area (Å²) < 4.78 is 0. The first-order valence-electron chi connectivity index (χ1n) is 12.6. The molecule has 3 rings (SSSR count). The molecule has 4 unspecified atom stereocenters. The monoisotopic (exact) mass is 405 g/mol. The first kappa shape index (κ1) is 23.1. The van der Waals surface area contributed by atoms with Gasteiger partial charge in [-0.1, -0.05) is 59.0 Å². The van der Waals surface area contributed by atoms with E-state index in [4.69, 9.17) is 0 Å². The lowest BCUT2D eigenvalue weighted by Crippen LogP contribution is -2.52. The zero-order valence-corrected chi connectivity index (χ0v) is 19.8. The molecule has 0 aromatic heterocycles. The average molecular weight is 406 g/mol. The molecule has 0 aromatic carbocycles. The lowest BCUT2D eigenvalue weighted by molar-refractivity contribution is -0.0458. The SMILES string of the molecule is CC(C)CCC[C@H](C)C1CCC2C3CC/C(=N\O)[C@](C)(CCCO)C3CC[C@@]21C. The normalized spacial score (nSPS) is 42.1. The van der Waals surface area contributed by atoms with E-state index in [1.165, 1.54) is 51.4 Å². The Balaban J connectivity index is 1.75. The summed E-state index contributed by atoms with van der Waals surface area (Å²) in [5, 5.41) is 22.9. The molecule has 3 fully saturated rings. The number of fused-ring (bicyclic) bond motifs is 3. The lowest BCUT2D eigenvalue weighted by Gasteiger charge is -2.57. The molecule has 3 nitrogen and oxygen atoms in total. The Morgan fingerprint density at radius 3 is 2.41 bits per heavy atom. The Morgan fingerprint density at radius 1 is 1.00 bits per heavy atom. The quantitative estimate of drug-likeness (QED) is 0.340. The van der Waals surface area contributed by atoms with Crippen LogP contribution in [0.4, 0.5) is 0 Å². The molecule has 2 N–H and O–H groups in total. The van der Waals surface area contributed by atoms with E-state index < -0.39 is 0 Å². The van der Waals surface area contributed by atoms with Crippen molar-refractivity contribution in [3.63, 3.8) is 0 Å². The van der Waals surface area contributed by atoms with Gasteiger partial charge in [0.05, 0.1) is 5.71 Å². The highest BCUT2D eigenvalue weighted by atomic mass is 16.4. The zero-order chi connectivity index (χ0) is 21.2. The van der Waals surface area contributed by atoms with Crippen molar-refractivity contribution in [3.05, 3.63) is 0 Å². The van der Waals surface area contributed by atoms with Crippen LogP contribution in [0.15, 0.2) is 5.16 Å². The zero-order valence-electron chi connectivity index (χ0n) is 19.8. The fourth-order valence-corrected chi connectivity index (χ4v) is 8.25. The predicted molar refractivity (Wildman–Crippen MR) is 121 cm³/mol. The maximum absolute atomic E-state index is 9.72. The third-order valence-corrected chi connectivity index (χ3v) is 9.81. The Bertz CT molecular complexity index is 573. The van der Waals surface area contributed by atoms with E-state index in [0.29, 0.717) is 11.3 Å². The average Bonchev–Trinajstić information content (AvgIpc) is 3.03. The summed E-state index contributed by atoms with van der Waals surface area (Å²) >= 11 is 0. The van der Waals surface area contributed by atoms with Crippen molar-refractivity contribution in [2.45, 2.75) is 105 Å². The van der Waals surface area contributed by atoms with Gasteiger partial charge in [0, 0.05) is 12.0 Å². The van der Waals surface area contributed by atoms with Gasteiger partial charge in [0.15, 0.2) is 0 Å². The van der Waals surface area contributed by atoms with Gasteiger partial charge in [-0.05, 0) is 92.3 Å². The summed E-state index contributed by atoms with van der Waals surface area (Å²) in [5.41, 5.74) is 1.49. The minimum atomic E-state index is -0.0251. The molecule has 3 aliphatic rings. The summed E-state index contributed by atoms with van der Waals surface area (Å²) in [6.07, 6.45) is 13.5. The van der Waals surface area contributed by atoms with Gasteiger partial charge in [-0.3, -0.25) is 0 Å². The molecule has 0 saturated heterocycles. The third kappa shape index (κ3) is 4.27. The number of hydrogen-bond donors (Lipinski definition) is 2. The topological polar surface area (TPSA) is 52.8 Å². The predicted octanol–water partition coefficient (Wildman–Crippen LogP) is 6.91. The maximum Gasteiger partial charge on any atom is 0.0632 e. The van der Waals surface area contributed by atoms with Crippen LogP contribution in [0.25, 0.3) is 0 Å².